The zero-order valence-electron chi connectivity index (χ0n) is 15.8. The van der Waals surface area contributed by atoms with E-state index in [0.29, 0.717) is 23.7 Å². The Kier molecular flexibility index (Phi) is 6.36. The molecule has 6 nitrogen and oxygen atoms in total. The normalized spacial score (nSPS) is 10.6. The summed E-state index contributed by atoms with van der Waals surface area (Å²) in [4.78, 5) is 15.8. The van der Waals surface area contributed by atoms with Crippen LogP contribution in [0.2, 0.25) is 0 Å². The third-order valence-corrected chi connectivity index (χ3v) is 4.02. The Morgan fingerprint density at radius 1 is 1.07 bits per heavy atom. The highest BCUT2D eigenvalue weighted by Gasteiger charge is 2.06. The van der Waals surface area contributed by atoms with Crippen LogP contribution in [0, 0.1) is 6.92 Å². The summed E-state index contributed by atoms with van der Waals surface area (Å²) in [5, 5.41) is 3.98. The molecule has 0 saturated heterocycles. The van der Waals surface area contributed by atoms with Gasteiger partial charge in [0.25, 0.3) is 5.91 Å². The van der Waals surface area contributed by atoms with Gasteiger partial charge in [-0.1, -0.05) is 29.8 Å². The fraction of sp³-hybridized carbons (Fsp3) is 0.136. The molecule has 0 unspecified atom stereocenters. The van der Waals surface area contributed by atoms with Crippen molar-refractivity contribution in [1.29, 1.82) is 0 Å². The highest BCUT2D eigenvalue weighted by molar-refractivity contribution is 5.94. The number of carbonyl (C=O) groups is 1. The Bertz CT molecular complexity index is 955. The Hall–Kier alpha value is -3.67. The van der Waals surface area contributed by atoms with Gasteiger partial charge in [-0.2, -0.15) is 5.10 Å². The molecular formula is C22H21N3O3. The van der Waals surface area contributed by atoms with Gasteiger partial charge in [0.05, 0.1) is 13.3 Å². The molecule has 142 valence electrons. The van der Waals surface area contributed by atoms with Crippen LogP contribution in [-0.4, -0.2) is 24.2 Å². The summed E-state index contributed by atoms with van der Waals surface area (Å²) in [7, 11) is 1.58. The molecule has 1 N–H and O–H groups in total. The quantitative estimate of drug-likeness (QED) is 0.504. The molecule has 0 saturated carbocycles. The lowest BCUT2D eigenvalue weighted by Gasteiger charge is -2.11. The van der Waals surface area contributed by atoms with E-state index in [4.69, 9.17) is 9.47 Å². The average Bonchev–Trinajstić information content (AvgIpc) is 2.74. The second-order valence-corrected chi connectivity index (χ2v) is 6.12. The van der Waals surface area contributed by atoms with Crippen molar-refractivity contribution >= 4 is 12.1 Å². The van der Waals surface area contributed by atoms with Crippen LogP contribution in [0.4, 0.5) is 0 Å². The largest absolute Gasteiger partial charge is 0.493 e. The first-order valence-corrected chi connectivity index (χ1v) is 8.75. The van der Waals surface area contributed by atoms with Crippen molar-refractivity contribution in [3.63, 3.8) is 0 Å². The fourth-order valence-electron chi connectivity index (χ4n) is 2.46. The molecule has 1 amide bonds. The Morgan fingerprint density at radius 2 is 1.82 bits per heavy atom. The minimum absolute atomic E-state index is 0.302. The van der Waals surface area contributed by atoms with E-state index in [1.807, 2.05) is 31.2 Å². The van der Waals surface area contributed by atoms with Crippen molar-refractivity contribution in [3.05, 3.63) is 89.2 Å². The van der Waals surface area contributed by atoms with Crippen LogP contribution in [0.3, 0.4) is 0 Å². The number of carbonyl (C=O) groups excluding carboxylic acids is 1. The molecule has 3 rings (SSSR count). The van der Waals surface area contributed by atoms with E-state index in [9.17, 15) is 4.79 Å². The van der Waals surface area contributed by atoms with Gasteiger partial charge in [-0.05, 0) is 48.4 Å². The predicted molar refractivity (Wildman–Crippen MR) is 108 cm³/mol. The van der Waals surface area contributed by atoms with Crippen molar-refractivity contribution in [3.8, 4) is 11.5 Å². The van der Waals surface area contributed by atoms with Gasteiger partial charge in [-0.15, -0.1) is 0 Å². The second kappa shape index (κ2) is 9.32. The number of hydrogen-bond donors (Lipinski definition) is 1. The monoisotopic (exact) mass is 375 g/mol. The van der Waals surface area contributed by atoms with E-state index in [0.717, 1.165) is 11.1 Å². The van der Waals surface area contributed by atoms with Crippen molar-refractivity contribution in [2.24, 2.45) is 5.10 Å². The van der Waals surface area contributed by atoms with Crippen molar-refractivity contribution in [1.82, 2.24) is 10.4 Å². The number of nitrogens with zero attached hydrogens (tertiary/aromatic N) is 2. The molecule has 3 aromatic rings. The number of hydrazone groups is 1. The van der Waals surface area contributed by atoms with Crippen LogP contribution < -0.4 is 14.9 Å². The highest BCUT2D eigenvalue weighted by atomic mass is 16.5. The minimum atomic E-state index is -0.302. The molecule has 0 aliphatic heterocycles. The van der Waals surface area contributed by atoms with Crippen LogP contribution in [0.25, 0.3) is 0 Å². The Labute approximate surface area is 163 Å². The van der Waals surface area contributed by atoms with E-state index in [-0.39, 0.29) is 5.91 Å². The zero-order chi connectivity index (χ0) is 19.8. The van der Waals surface area contributed by atoms with Gasteiger partial charge >= 0.3 is 0 Å². The smallest absolute Gasteiger partial charge is 0.271 e. The Morgan fingerprint density at radius 3 is 2.54 bits per heavy atom. The summed E-state index contributed by atoms with van der Waals surface area (Å²) in [5.41, 5.74) is 6.03. The number of benzene rings is 2. The van der Waals surface area contributed by atoms with E-state index < -0.39 is 0 Å². The fourth-order valence-corrected chi connectivity index (χ4v) is 2.46. The first-order valence-electron chi connectivity index (χ1n) is 8.75. The van der Waals surface area contributed by atoms with E-state index in [1.54, 1.807) is 43.9 Å². The molecule has 2 aromatic carbocycles. The summed E-state index contributed by atoms with van der Waals surface area (Å²) in [6.07, 6.45) is 4.66. The third kappa shape index (κ3) is 5.17. The maximum absolute atomic E-state index is 12.0. The van der Waals surface area contributed by atoms with Crippen LogP contribution in [0.15, 0.2) is 72.1 Å². The lowest BCUT2D eigenvalue weighted by atomic mass is 10.2. The summed E-state index contributed by atoms with van der Waals surface area (Å²) in [6, 6.07) is 16.9. The van der Waals surface area contributed by atoms with Crippen LogP contribution in [0.1, 0.15) is 27.0 Å². The standard InChI is InChI=1S/C22H21N3O3/c1-16-3-5-17(6-4-16)15-28-20-8-7-18(13-21(20)27-2)14-24-25-22(26)19-9-11-23-12-10-19/h3-14H,15H2,1-2H3,(H,25,26)/b24-14-. The molecule has 1 heterocycles. The SMILES string of the molecule is COc1cc(/C=N\NC(=O)c2ccncc2)ccc1OCc1ccc(C)cc1. The maximum atomic E-state index is 12.0. The number of nitrogens with one attached hydrogen (secondary N) is 1. The topological polar surface area (TPSA) is 72.8 Å². The Balaban J connectivity index is 1.62. The summed E-state index contributed by atoms with van der Waals surface area (Å²) in [6.45, 7) is 2.50. The molecule has 0 aliphatic carbocycles. The number of methoxy groups -OCH3 is 1. The lowest BCUT2D eigenvalue weighted by molar-refractivity contribution is 0.0955. The van der Waals surface area contributed by atoms with Crippen molar-refractivity contribution in [2.75, 3.05) is 7.11 Å². The molecule has 0 spiro atoms. The molecule has 0 atom stereocenters. The molecule has 0 bridgehead atoms. The first kappa shape index (κ1) is 19.1. The second-order valence-electron chi connectivity index (χ2n) is 6.12. The van der Waals surface area contributed by atoms with Gasteiger partial charge in [0.1, 0.15) is 6.61 Å². The van der Waals surface area contributed by atoms with Gasteiger partial charge in [-0.25, -0.2) is 5.43 Å². The number of aryl methyl sites for hydroxylation is 1. The van der Waals surface area contributed by atoms with Crippen molar-refractivity contribution in [2.45, 2.75) is 13.5 Å². The van der Waals surface area contributed by atoms with E-state index >= 15 is 0 Å². The van der Waals surface area contributed by atoms with E-state index in [2.05, 4.69) is 27.6 Å². The van der Waals surface area contributed by atoms with Crippen molar-refractivity contribution < 1.29 is 14.3 Å². The summed E-state index contributed by atoms with van der Waals surface area (Å²) in [5.74, 6) is 0.932. The third-order valence-electron chi connectivity index (χ3n) is 4.02. The van der Waals surface area contributed by atoms with Gasteiger partial charge in [0.2, 0.25) is 0 Å². The molecule has 1 aromatic heterocycles. The molecule has 0 aliphatic rings. The number of amides is 1. The number of pyridine rings is 1. The number of rotatable bonds is 7. The van der Waals surface area contributed by atoms with Crippen LogP contribution >= 0.6 is 0 Å². The number of hydrogen-bond acceptors (Lipinski definition) is 5. The molecule has 0 fully saturated rings. The average molecular weight is 375 g/mol. The molecule has 0 radical (unpaired) electrons. The van der Waals surface area contributed by atoms with E-state index in [1.165, 1.54) is 5.56 Å². The van der Waals surface area contributed by atoms with Gasteiger partial charge in [-0.3, -0.25) is 9.78 Å². The summed E-state index contributed by atoms with van der Waals surface area (Å²) < 4.78 is 11.3. The maximum Gasteiger partial charge on any atom is 0.271 e. The van der Waals surface area contributed by atoms with Gasteiger partial charge < -0.3 is 9.47 Å². The van der Waals surface area contributed by atoms with Crippen LogP contribution in [-0.2, 0) is 6.61 Å². The van der Waals surface area contributed by atoms with Gasteiger partial charge in [0, 0.05) is 18.0 Å². The molecule has 28 heavy (non-hydrogen) atoms. The number of aromatic nitrogens is 1. The lowest BCUT2D eigenvalue weighted by Crippen LogP contribution is -2.17. The minimum Gasteiger partial charge on any atom is -0.493 e. The predicted octanol–water partition coefficient (Wildman–Crippen LogP) is 3.74. The zero-order valence-corrected chi connectivity index (χ0v) is 15.8. The molecule has 6 heteroatoms. The summed E-state index contributed by atoms with van der Waals surface area (Å²) >= 11 is 0. The molecular weight excluding hydrogens is 354 g/mol. The van der Waals surface area contributed by atoms with Crippen LogP contribution in [0.5, 0.6) is 11.5 Å². The highest BCUT2D eigenvalue weighted by Crippen LogP contribution is 2.28. The first-order chi connectivity index (χ1) is 13.7. The number of ether oxygens (including phenoxy) is 2. The van der Waals surface area contributed by atoms with Gasteiger partial charge in [0.15, 0.2) is 11.5 Å².